The number of hydrogen-bond donors (Lipinski definition) is 1. The normalized spacial score (nSPS) is 22.6. The Balaban J connectivity index is 1.87. The lowest BCUT2D eigenvalue weighted by atomic mass is 9.93. The second-order valence-corrected chi connectivity index (χ2v) is 10.3. The Morgan fingerprint density at radius 1 is 1.34 bits per heavy atom. The van der Waals surface area contributed by atoms with Crippen molar-refractivity contribution in [2.75, 3.05) is 6.54 Å². The Bertz CT molecular complexity index is 864. The molecule has 0 bridgehead atoms. The van der Waals surface area contributed by atoms with Crippen molar-refractivity contribution in [3.8, 4) is 0 Å². The molecule has 3 rings (SSSR count). The lowest BCUT2D eigenvalue weighted by molar-refractivity contribution is 0.0459. The summed E-state index contributed by atoms with van der Waals surface area (Å²) in [4.78, 5) is 19.0. The molecule has 2 unspecified atom stereocenters. The maximum atomic E-state index is 12.7. The summed E-state index contributed by atoms with van der Waals surface area (Å²) in [5.41, 5.74) is 2.46. The van der Waals surface area contributed by atoms with E-state index in [1.54, 1.807) is 4.90 Å². The van der Waals surface area contributed by atoms with Gasteiger partial charge >= 0.3 is 6.09 Å². The van der Waals surface area contributed by atoms with Crippen LogP contribution in [0.3, 0.4) is 0 Å². The van der Waals surface area contributed by atoms with Crippen LogP contribution in [0.4, 0.5) is 4.79 Å². The average Bonchev–Trinajstić information content (AvgIpc) is 3.48. The van der Waals surface area contributed by atoms with Crippen LogP contribution in [0, 0.1) is 0 Å². The highest BCUT2D eigenvalue weighted by atomic mass is 32.2. The topological polar surface area (TPSA) is 88.6 Å². The highest BCUT2D eigenvalue weighted by molar-refractivity contribution is 7.90. The minimum Gasteiger partial charge on any atom is -0.447 e. The molecule has 1 amide bonds. The van der Waals surface area contributed by atoms with Crippen molar-refractivity contribution in [2.45, 2.75) is 76.3 Å². The van der Waals surface area contributed by atoms with Gasteiger partial charge in [0, 0.05) is 24.7 Å². The highest BCUT2D eigenvalue weighted by Gasteiger charge is 2.42. The van der Waals surface area contributed by atoms with Gasteiger partial charge in [0.15, 0.2) is 0 Å². The molecule has 1 aromatic heterocycles. The van der Waals surface area contributed by atoms with Crippen LogP contribution >= 0.6 is 0 Å². The van der Waals surface area contributed by atoms with Crippen molar-refractivity contribution in [3.05, 3.63) is 36.2 Å². The van der Waals surface area contributed by atoms with Gasteiger partial charge in [-0.2, -0.15) is 0 Å². The molecule has 2 heterocycles. The van der Waals surface area contributed by atoms with Crippen LogP contribution in [-0.4, -0.2) is 54.4 Å². The molecule has 2 fully saturated rings. The minimum absolute atomic E-state index is 0.239. The summed E-state index contributed by atoms with van der Waals surface area (Å²) < 4.78 is 33.5. The maximum Gasteiger partial charge on any atom is 0.410 e. The third kappa shape index (κ3) is 5.57. The van der Waals surface area contributed by atoms with E-state index in [1.807, 2.05) is 39.0 Å². The van der Waals surface area contributed by atoms with Crippen molar-refractivity contribution in [1.29, 1.82) is 0 Å². The van der Waals surface area contributed by atoms with E-state index in [9.17, 15) is 13.2 Å². The zero-order valence-electron chi connectivity index (χ0n) is 17.4. The Hall–Kier alpha value is -1.93. The quantitative estimate of drug-likeness (QED) is 0.731. The monoisotopic (exact) mass is 421 g/mol. The third-order valence-electron chi connectivity index (χ3n) is 5.29. The highest BCUT2D eigenvalue weighted by Crippen LogP contribution is 2.30. The molecule has 2 atom stereocenters. The number of pyridine rings is 1. The summed E-state index contributed by atoms with van der Waals surface area (Å²) in [7, 11) is -3.37. The van der Waals surface area contributed by atoms with Crippen molar-refractivity contribution >= 4 is 21.7 Å². The molecule has 1 saturated carbocycles. The predicted octanol–water partition coefficient (Wildman–Crippen LogP) is 3.12. The average molecular weight is 422 g/mol. The van der Waals surface area contributed by atoms with Gasteiger partial charge in [-0.05, 0) is 64.2 Å². The molecule has 1 aliphatic heterocycles. The Morgan fingerprint density at radius 3 is 2.69 bits per heavy atom. The number of aromatic nitrogens is 1. The molecule has 1 N–H and O–H groups in total. The molecule has 0 aromatic carbocycles. The Labute approximate surface area is 173 Å². The van der Waals surface area contributed by atoms with Gasteiger partial charge < -0.3 is 9.64 Å². The van der Waals surface area contributed by atoms with Crippen LogP contribution < -0.4 is 4.72 Å². The van der Waals surface area contributed by atoms with E-state index in [0.717, 1.165) is 23.4 Å². The van der Waals surface area contributed by atoms with E-state index in [4.69, 9.17) is 4.74 Å². The number of rotatable bonds is 7. The molecule has 1 aromatic rings. The first kappa shape index (κ1) is 21.8. The molecular formula is C21H31N3O4S. The van der Waals surface area contributed by atoms with Gasteiger partial charge in [-0.15, -0.1) is 0 Å². The zero-order valence-corrected chi connectivity index (χ0v) is 18.2. The summed E-state index contributed by atoms with van der Waals surface area (Å²) in [6.07, 6.45) is 2.62. The molecule has 160 valence electrons. The van der Waals surface area contributed by atoms with E-state index >= 15 is 0 Å². The molecule has 1 aliphatic carbocycles. The fourth-order valence-electron chi connectivity index (χ4n) is 3.67. The predicted molar refractivity (Wildman–Crippen MR) is 113 cm³/mol. The van der Waals surface area contributed by atoms with Gasteiger partial charge in [0.25, 0.3) is 0 Å². The first-order valence-corrected chi connectivity index (χ1v) is 11.8. The molecule has 0 spiro atoms. The second kappa shape index (κ2) is 8.83. The molecule has 1 saturated heterocycles. The minimum atomic E-state index is -3.37. The van der Waals surface area contributed by atoms with Crippen LogP contribution in [0.2, 0.25) is 0 Å². The lowest BCUT2D eigenvalue weighted by Gasteiger charge is -2.41. The van der Waals surface area contributed by atoms with Crippen LogP contribution in [-0.2, 0) is 21.2 Å². The number of hydrogen-bond acceptors (Lipinski definition) is 5. The summed E-state index contributed by atoms with van der Waals surface area (Å²) in [5.74, 6) is 0. The van der Waals surface area contributed by atoms with Crippen molar-refractivity contribution in [3.63, 3.8) is 0 Å². The lowest BCUT2D eigenvalue weighted by Crippen LogP contribution is -2.58. The smallest absolute Gasteiger partial charge is 0.410 e. The van der Waals surface area contributed by atoms with Crippen molar-refractivity contribution in [2.24, 2.45) is 0 Å². The number of piperidine rings is 1. The first-order chi connectivity index (χ1) is 13.7. The summed E-state index contributed by atoms with van der Waals surface area (Å²) in [6.45, 7) is 9.99. The van der Waals surface area contributed by atoms with E-state index in [2.05, 4.69) is 16.3 Å². The number of nitrogens with one attached hydrogen (secondary N) is 1. The van der Waals surface area contributed by atoms with Crippen molar-refractivity contribution < 1.29 is 17.9 Å². The van der Waals surface area contributed by atoms with Gasteiger partial charge in [0.1, 0.15) is 0 Å². The summed E-state index contributed by atoms with van der Waals surface area (Å²) in [6, 6.07) is 5.00. The van der Waals surface area contributed by atoms with Crippen LogP contribution in [0.25, 0.3) is 5.57 Å². The number of carbonyl (C=O) groups excluding carboxylic acids is 1. The van der Waals surface area contributed by atoms with Gasteiger partial charge in [-0.1, -0.05) is 12.6 Å². The number of sulfonamides is 1. The van der Waals surface area contributed by atoms with E-state index < -0.39 is 16.1 Å². The van der Waals surface area contributed by atoms with E-state index in [1.165, 1.54) is 0 Å². The van der Waals surface area contributed by atoms with E-state index in [0.29, 0.717) is 32.2 Å². The van der Waals surface area contributed by atoms with Gasteiger partial charge in [0.2, 0.25) is 10.0 Å². The molecule has 0 radical (unpaired) electrons. The Kier molecular flexibility index (Phi) is 6.63. The number of carbonyl (C=O) groups is 1. The number of ether oxygens (including phenoxy) is 1. The van der Waals surface area contributed by atoms with Crippen LogP contribution in [0.15, 0.2) is 24.8 Å². The maximum absolute atomic E-state index is 12.7. The molecule has 8 heteroatoms. The molecular weight excluding hydrogens is 390 g/mol. The molecule has 2 aliphatic rings. The number of amides is 1. The fraction of sp³-hybridized carbons (Fsp3) is 0.619. The SMILES string of the molecule is C=C(C)c1cccc(CC2C(NS(=O)(=O)C3CC3)CCCN2C(=O)OC(C)C)n1. The molecule has 7 nitrogen and oxygen atoms in total. The summed E-state index contributed by atoms with van der Waals surface area (Å²) in [5, 5.41) is -0.300. The van der Waals surface area contributed by atoms with E-state index in [-0.39, 0.29) is 23.4 Å². The number of nitrogens with zero attached hydrogens (tertiary/aromatic N) is 2. The second-order valence-electron chi connectivity index (χ2n) is 8.30. The first-order valence-electron chi connectivity index (χ1n) is 10.3. The Morgan fingerprint density at radius 2 is 2.07 bits per heavy atom. The summed E-state index contributed by atoms with van der Waals surface area (Å²) >= 11 is 0. The zero-order chi connectivity index (χ0) is 21.2. The van der Waals surface area contributed by atoms with Crippen LogP contribution in [0.5, 0.6) is 0 Å². The van der Waals surface area contributed by atoms with Gasteiger partial charge in [-0.3, -0.25) is 4.98 Å². The van der Waals surface area contributed by atoms with Gasteiger partial charge in [-0.25, -0.2) is 17.9 Å². The van der Waals surface area contributed by atoms with Gasteiger partial charge in [0.05, 0.1) is 23.1 Å². The van der Waals surface area contributed by atoms with Crippen molar-refractivity contribution in [1.82, 2.24) is 14.6 Å². The fourth-order valence-corrected chi connectivity index (χ4v) is 5.32. The molecule has 29 heavy (non-hydrogen) atoms. The van der Waals surface area contributed by atoms with Crippen LogP contribution in [0.1, 0.15) is 57.8 Å². The standard InChI is InChI=1S/C21H31N3O4S/c1-14(2)18-8-5-7-16(22-18)13-20-19(23-29(26,27)17-10-11-17)9-6-12-24(20)21(25)28-15(3)4/h5,7-8,15,17,19-20,23H,1,6,9-13H2,2-4H3. The third-order valence-corrected chi connectivity index (χ3v) is 7.27. The number of allylic oxidation sites excluding steroid dienone is 1. The number of likely N-dealkylation sites (tertiary alicyclic amines) is 1. The largest absolute Gasteiger partial charge is 0.447 e.